The van der Waals surface area contributed by atoms with Gasteiger partial charge in [0.2, 0.25) is 5.82 Å². The average molecular weight is 318 g/mol. The lowest BCUT2D eigenvalue weighted by molar-refractivity contribution is 0.293. The van der Waals surface area contributed by atoms with E-state index in [1.807, 2.05) is 18.2 Å². The summed E-state index contributed by atoms with van der Waals surface area (Å²) in [7, 11) is 1.71. The normalized spacial score (nSPS) is 10.5. The Morgan fingerprint density at radius 2 is 2.29 bits per heavy atom. The number of alkyl halides is 1. The molecule has 5 nitrogen and oxygen atoms in total. The fourth-order valence-electron chi connectivity index (χ4n) is 1.33. The molecule has 0 N–H and O–H groups in total. The molecule has 17 heavy (non-hydrogen) atoms. The van der Waals surface area contributed by atoms with Gasteiger partial charge in [-0.15, -0.1) is 10.2 Å². The number of aryl methyl sites for hydroxylation is 1. The molecule has 0 aliphatic rings. The molecule has 1 aromatic heterocycles. The Kier molecular flexibility index (Phi) is 3.96. The third-order valence-electron chi connectivity index (χ3n) is 2.12. The van der Waals surface area contributed by atoms with Crippen LogP contribution in [0.1, 0.15) is 11.4 Å². The van der Waals surface area contributed by atoms with Gasteiger partial charge in [-0.05, 0) is 17.3 Å². The van der Waals surface area contributed by atoms with Crippen LogP contribution in [0.4, 0.5) is 0 Å². The number of benzene rings is 1. The van der Waals surface area contributed by atoms with E-state index in [9.17, 15) is 0 Å². The Morgan fingerprint density at radius 3 is 2.94 bits per heavy atom. The maximum absolute atomic E-state index is 6.06. The van der Waals surface area contributed by atoms with Gasteiger partial charge in [0.05, 0.1) is 7.05 Å². The molecule has 2 rings (SSSR count). The number of rotatable bonds is 4. The minimum atomic E-state index is 0.272. The summed E-state index contributed by atoms with van der Waals surface area (Å²) in [4.78, 5) is 1.39. The molecular weight excluding hydrogens is 307 g/mol. The molecule has 7 heteroatoms. The van der Waals surface area contributed by atoms with Crippen molar-refractivity contribution in [2.75, 3.05) is 0 Å². The first-order valence-electron chi connectivity index (χ1n) is 4.89. The average Bonchev–Trinajstić information content (AvgIpc) is 2.72. The zero-order valence-corrected chi connectivity index (χ0v) is 11.4. The lowest BCUT2D eigenvalue weighted by Crippen LogP contribution is -2.01. The van der Waals surface area contributed by atoms with Crippen molar-refractivity contribution in [3.05, 3.63) is 34.6 Å². The van der Waals surface area contributed by atoms with Crippen molar-refractivity contribution >= 4 is 27.5 Å². The van der Waals surface area contributed by atoms with Crippen molar-refractivity contribution in [1.29, 1.82) is 0 Å². The molecule has 0 saturated carbocycles. The molecule has 0 fully saturated rings. The van der Waals surface area contributed by atoms with Gasteiger partial charge in [0.15, 0.2) is 6.61 Å². The second-order valence-corrected chi connectivity index (χ2v) is 4.30. The Morgan fingerprint density at radius 1 is 1.47 bits per heavy atom. The van der Waals surface area contributed by atoms with E-state index >= 15 is 0 Å². The van der Waals surface area contributed by atoms with Gasteiger partial charge in [0.25, 0.3) is 0 Å². The van der Waals surface area contributed by atoms with E-state index in [1.165, 1.54) is 4.80 Å². The third kappa shape index (κ3) is 2.95. The summed E-state index contributed by atoms with van der Waals surface area (Å²) in [6, 6.07) is 5.53. The first-order valence-corrected chi connectivity index (χ1v) is 6.39. The lowest BCUT2D eigenvalue weighted by Gasteiger charge is -2.09. The van der Waals surface area contributed by atoms with Crippen LogP contribution in [0.5, 0.6) is 5.75 Å². The molecule has 1 heterocycles. The number of halogens is 2. The molecule has 0 atom stereocenters. The van der Waals surface area contributed by atoms with E-state index in [1.54, 1.807) is 7.05 Å². The number of aromatic nitrogens is 4. The van der Waals surface area contributed by atoms with Crippen molar-refractivity contribution in [3.63, 3.8) is 0 Å². The molecule has 0 aliphatic carbocycles. The first-order chi connectivity index (χ1) is 8.20. The zero-order chi connectivity index (χ0) is 12.3. The van der Waals surface area contributed by atoms with Gasteiger partial charge < -0.3 is 4.74 Å². The molecule has 90 valence electrons. The molecule has 0 spiro atoms. The van der Waals surface area contributed by atoms with Gasteiger partial charge >= 0.3 is 0 Å². The summed E-state index contributed by atoms with van der Waals surface area (Å²) >= 11 is 9.44. The predicted molar refractivity (Wildman–Crippen MR) is 67.2 cm³/mol. The summed E-state index contributed by atoms with van der Waals surface area (Å²) in [5.74, 6) is 1.26. The van der Waals surface area contributed by atoms with Crippen LogP contribution in [0.3, 0.4) is 0 Å². The van der Waals surface area contributed by atoms with E-state index in [0.29, 0.717) is 16.2 Å². The summed E-state index contributed by atoms with van der Waals surface area (Å²) in [6.45, 7) is 0.272. The SMILES string of the molecule is Cn1nnc(COc2cccc(Cl)c2CBr)n1. The van der Waals surface area contributed by atoms with Crippen LogP contribution in [0.25, 0.3) is 0 Å². The van der Waals surface area contributed by atoms with Crippen LogP contribution >= 0.6 is 27.5 Å². The maximum atomic E-state index is 6.06. The monoisotopic (exact) mass is 316 g/mol. The smallest absolute Gasteiger partial charge is 0.212 e. The number of tetrazole rings is 1. The topological polar surface area (TPSA) is 52.8 Å². The molecule has 0 saturated heterocycles. The second-order valence-electron chi connectivity index (χ2n) is 3.33. The predicted octanol–water partition coefficient (Wildman–Crippen LogP) is 2.34. The van der Waals surface area contributed by atoms with Gasteiger partial charge in [-0.3, -0.25) is 0 Å². The van der Waals surface area contributed by atoms with E-state index < -0.39 is 0 Å². The van der Waals surface area contributed by atoms with Crippen molar-refractivity contribution in [3.8, 4) is 5.75 Å². The Labute approximate surface area is 112 Å². The highest BCUT2D eigenvalue weighted by Gasteiger charge is 2.08. The fourth-order valence-corrected chi connectivity index (χ4v) is 2.30. The molecule has 0 unspecified atom stereocenters. The Bertz CT molecular complexity index is 517. The number of hydrogen-bond acceptors (Lipinski definition) is 4. The highest BCUT2D eigenvalue weighted by atomic mass is 79.9. The minimum Gasteiger partial charge on any atom is -0.485 e. The fraction of sp³-hybridized carbons (Fsp3) is 0.300. The molecule has 0 bridgehead atoms. The summed E-state index contributed by atoms with van der Waals surface area (Å²) < 4.78 is 5.62. The maximum Gasteiger partial charge on any atom is 0.212 e. The van der Waals surface area contributed by atoms with Crippen molar-refractivity contribution in [1.82, 2.24) is 20.2 Å². The number of hydrogen-bond donors (Lipinski definition) is 0. The minimum absolute atomic E-state index is 0.272. The Hall–Kier alpha value is -1.14. The summed E-state index contributed by atoms with van der Waals surface area (Å²) in [5.41, 5.74) is 0.915. The molecule has 2 aromatic rings. The largest absolute Gasteiger partial charge is 0.485 e. The molecule has 1 aromatic carbocycles. The molecule has 0 amide bonds. The number of nitrogens with zero attached hydrogens (tertiary/aromatic N) is 4. The van der Waals surface area contributed by atoms with Crippen LogP contribution in [-0.2, 0) is 19.0 Å². The number of ether oxygens (including phenoxy) is 1. The molecule has 0 aliphatic heterocycles. The zero-order valence-electron chi connectivity index (χ0n) is 9.10. The second kappa shape index (κ2) is 5.46. The van der Waals surface area contributed by atoms with Gasteiger partial charge in [-0.1, -0.05) is 33.6 Å². The summed E-state index contributed by atoms with van der Waals surface area (Å²) in [5, 5.41) is 12.9. The van der Waals surface area contributed by atoms with Gasteiger partial charge in [-0.2, -0.15) is 4.80 Å². The highest BCUT2D eigenvalue weighted by Crippen LogP contribution is 2.28. The lowest BCUT2D eigenvalue weighted by atomic mass is 10.2. The van der Waals surface area contributed by atoms with Gasteiger partial charge in [0, 0.05) is 15.9 Å². The van der Waals surface area contributed by atoms with Gasteiger partial charge in [0.1, 0.15) is 5.75 Å². The van der Waals surface area contributed by atoms with Crippen molar-refractivity contribution in [2.24, 2.45) is 7.05 Å². The van der Waals surface area contributed by atoms with Crippen molar-refractivity contribution in [2.45, 2.75) is 11.9 Å². The van der Waals surface area contributed by atoms with E-state index in [2.05, 4.69) is 31.3 Å². The van der Waals surface area contributed by atoms with E-state index in [-0.39, 0.29) is 6.61 Å². The highest BCUT2D eigenvalue weighted by molar-refractivity contribution is 9.08. The van der Waals surface area contributed by atoms with Crippen LogP contribution in [-0.4, -0.2) is 20.2 Å². The van der Waals surface area contributed by atoms with Crippen LogP contribution in [0.2, 0.25) is 5.02 Å². The molecular formula is C10H10BrClN4O. The molecule has 0 radical (unpaired) electrons. The van der Waals surface area contributed by atoms with Crippen LogP contribution in [0.15, 0.2) is 18.2 Å². The van der Waals surface area contributed by atoms with E-state index in [4.69, 9.17) is 16.3 Å². The Balaban J connectivity index is 2.11. The first kappa shape index (κ1) is 12.3. The van der Waals surface area contributed by atoms with Gasteiger partial charge in [-0.25, -0.2) is 0 Å². The van der Waals surface area contributed by atoms with E-state index in [0.717, 1.165) is 11.3 Å². The van der Waals surface area contributed by atoms with Crippen LogP contribution < -0.4 is 4.74 Å². The third-order valence-corrected chi connectivity index (χ3v) is 3.03. The quantitative estimate of drug-likeness (QED) is 0.812. The summed E-state index contributed by atoms with van der Waals surface area (Å²) in [6.07, 6.45) is 0. The standard InChI is InChI=1S/C10H10BrClN4O/c1-16-14-10(13-15-16)6-17-9-4-2-3-8(12)7(9)5-11/h2-4H,5-6H2,1H3. The van der Waals surface area contributed by atoms with Crippen molar-refractivity contribution < 1.29 is 4.74 Å². The van der Waals surface area contributed by atoms with Crippen LogP contribution in [0, 0.1) is 0 Å².